The van der Waals surface area contributed by atoms with Crippen LogP contribution in [0.15, 0.2) is 0 Å². The first-order valence-corrected chi connectivity index (χ1v) is 5.89. The van der Waals surface area contributed by atoms with E-state index in [1.54, 1.807) is 32.5 Å². The Morgan fingerprint density at radius 1 is 1.57 bits per heavy atom. The summed E-state index contributed by atoms with van der Waals surface area (Å²) < 4.78 is 4.83. The monoisotopic (exact) mass is 220 g/mol. The summed E-state index contributed by atoms with van der Waals surface area (Å²) in [6.45, 7) is 7.72. The van der Waals surface area contributed by atoms with Crippen molar-refractivity contribution in [2.75, 3.05) is 12.4 Å². The standard InChI is InChI=1S/C10H20O3S/c1-5-13-9(11)6-8(2)14-7-10(3,4)12/h8,12H,5-7H2,1-4H3. The van der Waals surface area contributed by atoms with Crippen LogP contribution in [0.5, 0.6) is 0 Å². The highest BCUT2D eigenvalue weighted by molar-refractivity contribution is 7.99. The normalized spacial score (nSPS) is 13.8. The minimum absolute atomic E-state index is 0.164. The molecule has 84 valence electrons. The van der Waals surface area contributed by atoms with E-state index in [1.165, 1.54) is 0 Å². The third-order valence-corrected chi connectivity index (χ3v) is 3.09. The number of carbonyl (C=O) groups is 1. The number of rotatable bonds is 6. The third-order valence-electron chi connectivity index (χ3n) is 1.48. The molecule has 0 saturated heterocycles. The molecule has 0 saturated carbocycles. The van der Waals surface area contributed by atoms with Gasteiger partial charge in [-0.2, -0.15) is 11.8 Å². The summed E-state index contributed by atoms with van der Waals surface area (Å²) in [5, 5.41) is 9.66. The minimum atomic E-state index is -0.673. The third kappa shape index (κ3) is 8.38. The van der Waals surface area contributed by atoms with E-state index < -0.39 is 5.60 Å². The van der Waals surface area contributed by atoms with Crippen LogP contribution in [0.25, 0.3) is 0 Å². The largest absolute Gasteiger partial charge is 0.466 e. The van der Waals surface area contributed by atoms with E-state index in [0.717, 1.165) is 0 Å². The minimum Gasteiger partial charge on any atom is -0.466 e. The summed E-state index contributed by atoms with van der Waals surface area (Å²) in [5.41, 5.74) is -0.673. The Morgan fingerprint density at radius 2 is 2.14 bits per heavy atom. The van der Waals surface area contributed by atoms with E-state index in [4.69, 9.17) is 4.74 Å². The van der Waals surface area contributed by atoms with E-state index in [9.17, 15) is 9.90 Å². The Labute approximate surface area is 90.2 Å². The first-order valence-electron chi connectivity index (χ1n) is 4.84. The van der Waals surface area contributed by atoms with E-state index in [1.807, 2.05) is 6.92 Å². The van der Waals surface area contributed by atoms with Gasteiger partial charge in [-0.3, -0.25) is 4.79 Å². The zero-order chi connectivity index (χ0) is 11.2. The van der Waals surface area contributed by atoms with Crippen LogP contribution < -0.4 is 0 Å². The van der Waals surface area contributed by atoms with Gasteiger partial charge in [-0.15, -0.1) is 0 Å². The smallest absolute Gasteiger partial charge is 0.306 e. The van der Waals surface area contributed by atoms with Gasteiger partial charge in [0.1, 0.15) is 0 Å². The highest BCUT2D eigenvalue weighted by atomic mass is 32.2. The predicted octanol–water partition coefficient (Wildman–Crippen LogP) is 1.83. The molecule has 0 bridgehead atoms. The van der Waals surface area contributed by atoms with Crippen LogP contribution in [0.1, 0.15) is 34.1 Å². The molecule has 1 N–H and O–H groups in total. The van der Waals surface area contributed by atoms with Gasteiger partial charge < -0.3 is 9.84 Å². The molecule has 0 aromatic carbocycles. The molecule has 4 heteroatoms. The van der Waals surface area contributed by atoms with Crippen LogP contribution in [0, 0.1) is 0 Å². The Bertz CT molecular complexity index is 175. The second-order valence-electron chi connectivity index (χ2n) is 3.94. The molecule has 0 aromatic heterocycles. The molecule has 3 nitrogen and oxygen atoms in total. The van der Waals surface area contributed by atoms with Crippen molar-refractivity contribution in [3.05, 3.63) is 0 Å². The lowest BCUT2D eigenvalue weighted by Gasteiger charge is -2.19. The van der Waals surface area contributed by atoms with E-state index in [2.05, 4.69) is 0 Å². The molecular formula is C10H20O3S. The molecule has 0 radical (unpaired) electrons. The van der Waals surface area contributed by atoms with Crippen molar-refractivity contribution in [2.24, 2.45) is 0 Å². The van der Waals surface area contributed by atoms with Gasteiger partial charge in [0.15, 0.2) is 0 Å². The highest BCUT2D eigenvalue weighted by Gasteiger charge is 2.16. The summed E-state index contributed by atoms with van der Waals surface area (Å²) in [7, 11) is 0. The molecule has 0 fully saturated rings. The maximum Gasteiger partial charge on any atom is 0.306 e. The maximum absolute atomic E-state index is 11.1. The Hall–Kier alpha value is -0.220. The number of carbonyl (C=O) groups excluding carboxylic acids is 1. The lowest BCUT2D eigenvalue weighted by atomic mass is 10.2. The molecule has 0 rings (SSSR count). The molecular weight excluding hydrogens is 200 g/mol. The average molecular weight is 220 g/mol. The van der Waals surface area contributed by atoms with E-state index in [0.29, 0.717) is 18.8 Å². The van der Waals surface area contributed by atoms with Gasteiger partial charge in [0.05, 0.1) is 18.6 Å². The topological polar surface area (TPSA) is 46.5 Å². The van der Waals surface area contributed by atoms with Crippen LogP contribution in [0.4, 0.5) is 0 Å². The van der Waals surface area contributed by atoms with Crippen LogP contribution in [0.3, 0.4) is 0 Å². The fourth-order valence-electron chi connectivity index (χ4n) is 0.860. The molecule has 0 amide bonds. The molecule has 1 unspecified atom stereocenters. The average Bonchev–Trinajstić information content (AvgIpc) is 2.00. The summed E-state index contributed by atoms with van der Waals surface area (Å²) in [4.78, 5) is 11.1. The first kappa shape index (κ1) is 13.8. The van der Waals surface area contributed by atoms with Gasteiger partial charge in [-0.05, 0) is 20.8 Å². The van der Waals surface area contributed by atoms with E-state index in [-0.39, 0.29) is 11.2 Å². The van der Waals surface area contributed by atoms with Crippen LogP contribution in [-0.2, 0) is 9.53 Å². The SMILES string of the molecule is CCOC(=O)CC(C)SCC(C)(C)O. The molecule has 0 aliphatic rings. The number of esters is 1. The lowest BCUT2D eigenvalue weighted by molar-refractivity contribution is -0.142. The fourth-order valence-corrected chi connectivity index (χ4v) is 1.81. The number of aliphatic hydroxyl groups is 1. The quantitative estimate of drug-likeness (QED) is 0.694. The Morgan fingerprint density at radius 3 is 2.57 bits per heavy atom. The van der Waals surface area contributed by atoms with E-state index >= 15 is 0 Å². The first-order chi connectivity index (χ1) is 6.35. The van der Waals surface area contributed by atoms with Gasteiger partial charge in [0.2, 0.25) is 0 Å². The molecule has 0 aliphatic carbocycles. The van der Waals surface area contributed by atoms with Gasteiger partial charge in [0.25, 0.3) is 0 Å². The molecule has 1 atom stereocenters. The van der Waals surface area contributed by atoms with Crippen molar-refractivity contribution in [1.82, 2.24) is 0 Å². The number of ether oxygens (including phenoxy) is 1. The van der Waals surface area contributed by atoms with Crippen molar-refractivity contribution in [3.8, 4) is 0 Å². The van der Waals surface area contributed by atoms with Gasteiger partial charge in [-0.25, -0.2) is 0 Å². The fraction of sp³-hybridized carbons (Fsp3) is 0.900. The van der Waals surface area contributed by atoms with Crippen molar-refractivity contribution in [1.29, 1.82) is 0 Å². The van der Waals surface area contributed by atoms with Gasteiger partial charge in [-0.1, -0.05) is 6.92 Å². The summed E-state index contributed by atoms with van der Waals surface area (Å²) in [6.07, 6.45) is 0.411. The van der Waals surface area contributed by atoms with Crippen molar-refractivity contribution < 1.29 is 14.6 Å². The highest BCUT2D eigenvalue weighted by Crippen LogP contribution is 2.19. The molecule has 0 aliphatic heterocycles. The summed E-state index contributed by atoms with van der Waals surface area (Å²) >= 11 is 1.59. The molecule has 14 heavy (non-hydrogen) atoms. The number of hydrogen-bond acceptors (Lipinski definition) is 4. The summed E-state index contributed by atoms with van der Waals surface area (Å²) in [6, 6.07) is 0. The van der Waals surface area contributed by atoms with Crippen LogP contribution >= 0.6 is 11.8 Å². The van der Waals surface area contributed by atoms with Crippen molar-refractivity contribution in [2.45, 2.75) is 45.0 Å². The zero-order valence-electron chi connectivity index (χ0n) is 9.37. The lowest BCUT2D eigenvalue weighted by Crippen LogP contribution is -2.23. The predicted molar refractivity (Wildman–Crippen MR) is 59.5 cm³/mol. The molecule has 0 heterocycles. The molecule has 0 spiro atoms. The Balaban J connectivity index is 3.65. The van der Waals surface area contributed by atoms with Crippen LogP contribution in [-0.4, -0.2) is 34.3 Å². The molecule has 0 aromatic rings. The van der Waals surface area contributed by atoms with Gasteiger partial charge >= 0.3 is 5.97 Å². The number of hydrogen-bond donors (Lipinski definition) is 1. The zero-order valence-corrected chi connectivity index (χ0v) is 10.2. The number of thioether (sulfide) groups is 1. The maximum atomic E-state index is 11.1. The summed E-state index contributed by atoms with van der Waals surface area (Å²) in [5.74, 6) is 0.469. The van der Waals surface area contributed by atoms with Crippen molar-refractivity contribution in [3.63, 3.8) is 0 Å². The Kier molecular flexibility index (Phi) is 6.20. The van der Waals surface area contributed by atoms with Crippen molar-refractivity contribution >= 4 is 17.7 Å². The van der Waals surface area contributed by atoms with Crippen LogP contribution in [0.2, 0.25) is 0 Å². The second kappa shape index (κ2) is 6.30. The second-order valence-corrected chi connectivity index (χ2v) is 5.37. The van der Waals surface area contributed by atoms with Gasteiger partial charge in [0, 0.05) is 11.0 Å².